The van der Waals surface area contributed by atoms with Crippen molar-refractivity contribution in [1.82, 2.24) is 9.55 Å². The number of alkyl halides is 1. The maximum absolute atomic E-state index is 5.98. The number of imidazole rings is 1. The molecular weight excluding hydrogens is 288 g/mol. The average Bonchev–Trinajstić information content (AvgIpc) is 3.03. The SMILES string of the molecule is CSC1CCC(n2c(CCCl)nc3cccc(C)c32)C1. The van der Waals surface area contributed by atoms with Gasteiger partial charge in [0.25, 0.3) is 0 Å². The lowest BCUT2D eigenvalue weighted by Crippen LogP contribution is -2.11. The van der Waals surface area contributed by atoms with Crippen LogP contribution in [0, 0.1) is 6.92 Å². The third-order valence-electron chi connectivity index (χ3n) is 4.36. The molecule has 1 aromatic heterocycles. The van der Waals surface area contributed by atoms with Crippen LogP contribution in [0.2, 0.25) is 0 Å². The number of aryl methyl sites for hydroxylation is 2. The van der Waals surface area contributed by atoms with E-state index >= 15 is 0 Å². The van der Waals surface area contributed by atoms with E-state index in [9.17, 15) is 0 Å². The molecule has 0 amide bonds. The number of para-hydroxylation sites is 1. The van der Waals surface area contributed by atoms with Crippen LogP contribution < -0.4 is 0 Å². The molecule has 3 rings (SSSR count). The maximum Gasteiger partial charge on any atom is 0.111 e. The molecule has 0 aliphatic heterocycles. The Labute approximate surface area is 129 Å². The average molecular weight is 309 g/mol. The van der Waals surface area contributed by atoms with Gasteiger partial charge < -0.3 is 4.57 Å². The minimum Gasteiger partial charge on any atom is -0.325 e. The van der Waals surface area contributed by atoms with Crippen molar-refractivity contribution in [1.29, 1.82) is 0 Å². The molecule has 0 N–H and O–H groups in total. The molecule has 1 heterocycles. The van der Waals surface area contributed by atoms with Gasteiger partial charge in [0, 0.05) is 23.6 Å². The Morgan fingerprint density at radius 2 is 2.25 bits per heavy atom. The monoisotopic (exact) mass is 308 g/mol. The minimum atomic E-state index is 0.594. The number of hydrogen-bond acceptors (Lipinski definition) is 2. The first-order valence-electron chi connectivity index (χ1n) is 7.29. The third kappa shape index (κ3) is 2.46. The van der Waals surface area contributed by atoms with Crippen molar-refractivity contribution in [3.63, 3.8) is 0 Å². The largest absolute Gasteiger partial charge is 0.325 e. The highest BCUT2D eigenvalue weighted by Gasteiger charge is 2.28. The summed E-state index contributed by atoms with van der Waals surface area (Å²) in [5.41, 5.74) is 3.76. The summed E-state index contributed by atoms with van der Waals surface area (Å²) in [4.78, 5) is 4.83. The van der Waals surface area contributed by atoms with E-state index in [0.29, 0.717) is 11.9 Å². The third-order valence-corrected chi connectivity index (χ3v) is 5.64. The Balaban J connectivity index is 2.09. The summed E-state index contributed by atoms with van der Waals surface area (Å²) in [6.07, 6.45) is 6.93. The van der Waals surface area contributed by atoms with Crippen molar-refractivity contribution in [2.75, 3.05) is 12.1 Å². The second-order valence-electron chi connectivity index (χ2n) is 5.60. The first kappa shape index (κ1) is 14.3. The Bertz CT molecular complexity index is 608. The molecule has 1 aliphatic carbocycles. The summed E-state index contributed by atoms with van der Waals surface area (Å²) in [6, 6.07) is 7.00. The Morgan fingerprint density at radius 3 is 2.95 bits per heavy atom. The summed E-state index contributed by atoms with van der Waals surface area (Å²) >= 11 is 7.98. The van der Waals surface area contributed by atoms with Crippen LogP contribution in [0.4, 0.5) is 0 Å². The van der Waals surface area contributed by atoms with Gasteiger partial charge in [0.1, 0.15) is 5.82 Å². The number of benzene rings is 1. The first-order valence-corrected chi connectivity index (χ1v) is 9.12. The van der Waals surface area contributed by atoms with Gasteiger partial charge in [-0.05, 0) is 44.1 Å². The van der Waals surface area contributed by atoms with Gasteiger partial charge in [-0.3, -0.25) is 0 Å². The summed E-state index contributed by atoms with van der Waals surface area (Å²) in [5.74, 6) is 1.80. The number of nitrogens with zero attached hydrogens (tertiary/aromatic N) is 2. The van der Waals surface area contributed by atoms with Crippen molar-refractivity contribution in [2.45, 2.75) is 43.9 Å². The summed E-state index contributed by atoms with van der Waals surface area (Å²) < 4.78 is 2.49. The van der Waals surface area contributed by atoms with E-state index in [1.807, 2.05) is 11.8 Å². The molecule has 1 saturated carbocycles. The topological polar surface area (TPSA) is 17.8 Å². The van der Waals surface area contributed by atoms with E-state index in [1.54, 1.807) is 0 Å². The molecule has 108 valence electrons. The molecule has 2 atom stereocenters. The molecule has 0 spiro atoms. The van der Waals surface area contributed by atoms with Crippen molar-refractivity contribution in [3.8, 4) is 0 Å². The van der Waals surface area contributed by atoms with E-state index < -0.39 is 0 Å². The second-order valence-corrected chi connectivity index (χ2v) is 7.12. The van der Waals surface area contributed by atoms with Gasteiger partial charge in [0.05, 0.1) is 11.0 Å². The summed E-state index contributed by atoms with van der Waals surface area (Å²) in [7, 11) is 0. The Morgan fingerprint density at radius 1 is 1.40 bits per heavy atom. The lowest BCUT2D eigenvalue weighted by Gasteiger charge is -2.17. The van der Waals surface area contributed by atoms with Crippen LogP contribution in [0.15, 0.2) is 18.2 Å². The molecule has 2 nitrogen and oxygen atoms in total. The lowest BCUT2D eigenvalue weighted by atomic mass is 10.1. The zero-order valence-corrected chi connectivity index (χ0v) is 13.7. The maximum atomic E-state index is 5.98. The van der Waals surface area contributed by atoms with Crippen molar-refractivity contribution in [3.05, 3.63) is 29.6 Å². The van der Waals surface area contributed by atoms with Crippen LogP contribution in [-0.2, 0) is 6.42 Å². The van der Waals surface area contributed by atoms with Gasteiger partial charge in [-0.25, -0.2) is 4.98 Å². The molecule has 0 radical (unpaired) electrons. The fourth-order valence-corrected chi connectivity index (χ4v) is 4.34. The Hall–Kier alpha value is -0.670. The number of halogens is 1. The zero-order valence-electron chi connectivity index (χ0n) is 12.1. The lowest BCUT2D eigenvalue weighted by molar-refractivity contribution is 0.513. The number of rotatable bonds is 4. The minimum absolute atomic E-state index is 0.594. The van der Waals surface area contributed by atoms with Gasteiger partial charge in [-0.15, -0.1) is 11.6 Å². The molecule has 1 aliphatic rings. The predicted molar refractivity (Wildman–Crippen MR) is 89.1 cm³/mol. The van der Waals surface area contributed by atoms with E-state index in [4.69, 9.17) is 16.6 Å². The zero-order chi connectivity index (χ0) is 14.1. The highest BCUT2D eigenvalue weighted by atomic mass is 35.5. The van der Waals surface area contributed by atoms with E-state index in [-0.39, 0.29) is 0 Å². The predicted octanol–water partition coefficient (Wildman–Crippen LogP) is 4.58. The normalized spacial score (nSPS) is 22.8. The van der Waals surface area contributed by atoms with Gasteiger partial charge in [0.2, 0.25) is 0 Å². The van der Waals surface area contributed by atoms with Gasteiger partial charge in [-0.2, -0.15) is 11.8 Å². The van der Waals surface area contributed by atoms with Crippen LogP contribution in [0.1, 0.15) is 36.7 Å². The quantitative estimate of drug-likeness (QED) is 0.769. The molecule has 2 aromatic rings. The number of hydrogen-bond donors (Lipinski definition) is 0. The molecule has 1 aromatic carbocycles. The first-order chi connectivity index (χ1) is 9.74. The summed E-state index contributed by atoms with van der Waals surface area (Å²) in [5, 5.41) is 0.797. The van der Waals surface area contributed by atoms with Crippen LogP contribution in [0.25, 0.3) is 11.0 Å². The van der Waals surface area contributed by atoms with Crippen molar-refractivity contribution >= 4 is 34.4 Å². The van der Waals surface area contributed by atoms with Crippen LogP contribution >= 0.6 is 23.4 Å². The number of thioether (sulfide) groups is 1. The molecule has 2 unspecified atom stereocenters. The molecule has 4 heteroatoms. The molecular formula is C16H21ClN2S. The Kier molecular flexibility index (Phi) is 4.27. The van der Waals surface area contributed by atoms with Crippen molar-refractivity contribution < 1.29 is 0 Å². The molecule has 20 heavy (non-hydrogen) atoms. The summed E-state index contributed by atoms with van der Waals surface area (Å²) in [6.45, 7) is 2.19. The molecule has 0 bridgehead atoms. The molecule has 0 saturated heterocycles. The van der Waals surface area contributed by atoms with E-state index in [1.165, 1.54) is 30.3 Å². The van der Waals surface area contributed by atoms with Crippen LogP contribution in [0.5, 0.6) is 0 Å². The highest BCUT2D eigenvalue weighted by Crippen LogP contribution is 2.39. The highest BCUT2D eigenvalue weighted by molar-refractivity contribution is 7.99. The van der Waals surface area contributed by atoms with Crippen molar-refractivity contribution in [2.24, 2.45) is 0 Å². The fourth-order valence-electron chi connectivity index (χ4n) is 3.39. The van der Waals surface area contributed by atoms with Gasteiger partial charge in [0.15, 0.2) is 0 Å². The second kappa shape index (κ2) is 5.98. The standard InChI is InChI=1S/C16H21ClN2S/c1-11-4-3-5-14-16(11)19(15(18-14)8-9-17)12-6-7-13(10-12)20-2/h3-5,12-13H,6-10H2,1-2H3. The molecule has 1 fully saturated rings. The van der Waals surface area contributed by atoms with Crippen LogP contribution in [-0.4, -0.2) is 26.9 Å². The van der Waals surface area contributed by atoms with Gasteiger partial charge >= 0.3 is 0 Å². The smallest absolute Gasteiger partial charge is 0.111 e. The fraction of sp³-hybridized carbons (Fsp3) is 0.562. The number of fused-ring (bicyclic) bond motifs is 1. The van der Waals surface area contributed by atoms with E-state index in [0.717, 1.165) is 23.0 Å². The van der Waals surface area contributed by atoms with E-state index in [2.05, 4.69) is 35.9 Å². The van der Waals surface area contributed by atoms with Gasteiger partial charge in [-0.1, -0.05) is 12.1 Å². The van der Waals surface area contributed by atoms with Crippen LogP contribution in [0.3, 0.4) is 0 Å². The number of aromatic nitrogens is 2.